The number of carbonyl (C=O) groups excluding carboxylic acids is 1. The molecule has 0 saturated carbocycles. The molecule has 6 nitrogen and oxygen atoms in total. The number of fused-ring (bicyclic) bond motifs is 1. The van der Waals surface area contributed by atoms with Gasteiger partial charge in [-0.25, -0.2) is 4.98 Å². The second-order valence-corrected chi connectivity index (χ2v) is 5.89. The van der Waals surface area contributed by atoms with E-state index in [2.05, 4.69) is 25.9 Å². The van der Waals surface area contributed by atoms with Crippen LogP contribution < -0.4 is 4.90 Å². The molecule has 0 radical (unpaired) electrons. The van der Waals surface area contributed by atoms with E-state index in [-0.39, 0.29) is 24.2 Å². The topological polar surface area (TPSA) is 83.4 Å². The fraction of sp³-hybridized carbons (Fsp3) is 0.231. The van der Waals surface area contributed by atoms with Crippen LogP contribution in [0.1, 0.15) is 6.42 Å². The third kappa shape index (κ3) is 2.47. The molecule has 1 amide bonds. The minimum atomic E-state index is -0.989. The van der Waals surface area contributed by atoms with Crippen LogP contribution in [0.2, 0.25) is 5.28 Å². The van der Waals surface area contributed by atoms with Gasteiger partial charge in [0.2, 0.25) is 11.2 Å². The molecule has 2 aromatic rings. The summed E-state index contributed by atoms with van der Waals surface area (Å²) in [5.41, 5.74) is 0.582. The zero-order valence-electron chi connectivity index (χ0n) is 10.6. The van der Waals surface area contributed by atoms with Crippen molar-refractivity contribution in [2.75, 3.05) is 11.4 Å². The molecular weight excluding hydrogens is 362 g/mol. The highest BCUT2D eigenvalue weighted by Gasteiger charge is 2.36. The van der Waals surface area contributed by atoms with Crippen molar-refractivity contribution in [3.05, 3.63) is 28.0 Å². The first kappa shape index (κ1) is 14.2. The van der Waals surface area contributed by atoms with E-state index in [1.54, 1.807) is 18.2 Å². The number of carboxylic acids is 1. The Labute approximate surface area is 132 Å². The lowest BCUT2D eigenvalue weighted by atomic mass is 10.1. The first-order chi connectivity index (χ1) is 9.97. The summed E-state index contributed by atoms with van der Waals surface area (Å²) in [5, 5.41) is 9.72. The van der Waals surface area contributed by atoms with Crippen molar-refractivity contribution in [3.63, 3.8) is 0 Å². The molecule has 108 valence electrons. The van der Waals surface area contributed by atoms with E-state index in [0.717, 1.165) is 4.47 Å². The Kier molecular flexibility index (Phi) is 3.54. The average Bonchev–Trinajstić information content (AvgIpc) is 2.81. The van der Waals surface area contributed by atoms with Crippen LogP contribution in [0.5, 0.6) is 0 Å². The molecule has 1 fully saturated rings. The first-order valence-electron chi connectivity index (χ1n) is 6.12. The van der Waals surface area contributed by atoms with Crippen LogP contribution in [-0.4, -0.2) is 33.5 Å². The SMILES string of the molecule is O=C(O)C1CC(=O)N(c2nc(Cl)nc3c(Br)cccc23)C1. The van der Waals surface area contributed by atoms with E-state index in [0.29, 0.717) is 16.7 Å². The molecule has 1 unspecified atom stereocenters. The van der Waals surface area contributed by atoms with Gasteiger partial charge in [-0.15, -0.1) is 0 Å². The largest absolute Gasteiger partial charge is 0.481 e. The Morgan fingerprint density at radius 3 is 2.86 bits per heavy atom. The van der Waals surface area contributed by atoms with Crippen LogP contribution in [0.15, 0.2) is 22.7 Å². The quantitative estimate of drug-likeness (QED) is 0.821. The van der Waals surface area contributed by atoms with Crippen LogP contribution >= 0.6 is 27.5 Å². The van der Waals surface area contributed by atoms with Crippen LogP contribution in [0.4, 0.5) is 5.82 Å². The molecule has 1 aromatic carbocycles. The Morgan fingerprint density at radius 1 is 1.43 bits per heavy atom. The van der Waals surface area contributed by atoms with Gasteiger partial charge >= 0.3 is 5.97 Å². The summed E-state index contributed by atoms with van der Waals surface area (Å²) in [6, 6.07) is 5.37. The smallest absolute Gasteiger partial charge is 0.308 e. The van der Waals surface area contributed by atoms with Crippen LogP contribution in [0, 0.1) is 5.92 Å². The third-order valence-electron chi connectivity index (χ3n) is 3.36. The molecule has 1 saturated heterocycles. The molecule has 3 rings (SSSR count). The van der Waals surface area contributed by atoms with Crippen LogP contribution in [0.3, 0.4) is 0 Å². The summed E-state index contributed by atoms with van der Waals surface area (Å²) in [5.74, 6) is -1.65. The molecule has 1 aromatic heterocycles. The predicted molar refractivity (Wildman–Crippen MR) is 80.3 cm³/mol. The maximum absolute atomic E-state index is 12.1. The van der Waals surface area contributed by atoms with Gasteiger partial charge in [-0.2, -0.15) is 4.98 Å². The molecule has 21 heavy (non-hydrogen) atoms. The normalized spacial score (nSPS) is 18.5. The predicted octanol–water partition coefficient (Wildman–Crippen LogP) is 2.48. The number of rotatable bonds is 2. The fourth-order valence-electron chi connectivity index (χ4n) is 2.36. The summed E-state index contributed by atoms with van der Waals surface area (Å²) in [4.78, 5) is 32.8. The van der Waals surface area contributed by atoms with Crippen molar-refractivity contribution in [1.82, 2.24) is 9.97 Å². The van der Waals surface area contributed by atoms with Crippen LogP contribution in [0.25, 0.3) is 10.9 Å². The fourth-order valence-corrected chi connectivity index (χ4v) is 2.98. The molecular formula is C13H9BrClN3O3. The van der Waals surface area contributed by atoms with E-state index in [1.165, 1.54) is 4.90 Å². The summed E-state index contributed by atoms with van der Waals surface area (Å²) < 4.78 is 0.729. The van der Waals surface area contributed by atoms with E-state index >= 15 is 0 Å². The Bertz CT molecular complexity index is 768. The van der Waals surface area contributed by atoms with Gasteiger partial charge in [0.15, 0.2) is 0 Å². The molecule has 0 spiro atoms. The van der Waals surface area contributed by atoms with Gasteiger partial charge in [-0.3, -0.25) is 14.5 Å². The number of hydrogen-bond acceptors (Lipinski definition) is 4. The zero-order valence-corrected chi connectivity index (χ0v) is 12.9. The summed E-state index contributed by atoms with van der Waals surface area (Å²) >= 11 is 9.30. The van der Waals surface area contributed by atoms with E-state index in [1.807, 2.05) is 0 Å². The summed E-state index contributed by atoms with van der Waals surface area (Å²) in [6.07, 6.45) is -0.0353. The number of carbonyl (C=O) groups is 2. The number of amides is 1. The number of para-hydroxylation sites is 1. The lowest BCUT2D eigenvalue weighted by Gasteiger charge is -2.17. The number of nitrogens with zero attached hydrogens (tertiary/aromatic N) is 3. The van der Waals surface area contributed by atoms with Gasteiger partial charge in [-0.05, 0) is 39.7 Å². The van der Waals surface area contributed by atoms with Gasteiger partial charge in [0.05, 0.1) is 11.4 Å². The summed E-state index contributed by atoms with van der Waals surface area (Å²) in [7, 11) is 0. The van der Waals surface area contributed by atoms with Crippen molar-refractivity contribution in [1.29, 1.82) is 0 Å². The van der Waals surface area contributed by atoms with Crippen molar-refractivity contribution >= 4 is 56.1 Å². The summed E-state index contributed by atoms with van der Waals surface area (Å²) in [6.45, 7) is 0.0864. The lowest BCUT2D eigenvalue weighted by molar-refractivity contribution is -0.141. The number of carboxylic acid groups (broad SMARTS) is 1. The molecule has 8 heteroatoms. The average molecular weight is 371 g/mol. The van der Waals surface area contributed by atoms with Crippen LogP contribution in [-0.2, 0) is 9.59 Å². The Hall–Kier alpha value is -1.73. The second-order valence-electron chi connectivity index (χ2n) is 4.70. The number of benzene rings is 1. The Balaban J connectivity index is 2.15. The van der Waals surface area contributed by atoms with Gasteiger partial charge < -0.3 is 5.11 Å². The van der Waals surface area contributed by atoms with Gasteiger partial charge in [-0.1, -0.05) is 6.07 Å². The minimum Gasteiger partial charge on any atom is -0.481 e. The van der Waals surface area contributed by atoms with Gasteiger partial charge in [0, 0.05) is 22.8 Å². The minimum absolute atomic E-state index is 0.0102. The molecule has 2 heterocycles. The maximum Gasteiger partial charge on any atom is 0.308 e. The van der Waals surface area contributed by atoms with Crippen molar-refractivity contribution in [2.24, 2.45) is 5.92 Å². The number of aliphatic carboxylic acids is 1. The van der Waals surface area contributed by atoms with Crippen molar-refractivity contribution in [3.8, 4) is 0 Å². The standard InChI is InChI=1S/C13H9BrClN3O3/c14-8-3-1-2-7-10(8)16-13(15)17-11(7)18-5-6(12(20)21)4-9(18)19/h1-3,6H,4-5H2,(H,20,21). The number of aromatic nitrogens is 2. The second kappa shape index (κ2) is 5.23. The van der Waals surface area contributed by atoms with E-state index in [4.69, 9.17) is 16.7 Å². The molecule has 1 atom stereocenters. The number of halogens is 2. The van der Waals surface area contributed by atoms with Gasteiger partial charge in [0.25, 0.3) is 0 Å². The van der Waals surface area contributed by atoms with E-state index in [9.17, 15) is 9.59 Å². The first-order valence-corrected chi connectivity index (χ1v) is 7.29. The number of anilines is 1. The highest BCUT2D eigenvalue weighted by molar-refractivity contribution is 9.10. The zero-order chi connectivity index (χ0) is 15.1. The number of hydrogen-bond donors (Lipinski definition) is 1. The lowest BCUT2D eigenvalue weighted by Crippen LogP contribution is -2.27. The highest BCUT2D eigenvalue weighted by atomic mass is 79.9. The molecule has 1 aliphatic heterocycles. The van der Waals surface area contributed by atoms with Crippen molar-refractivity contribution in [2.45, 2.75) is 6.42 Å². The Morgan fingerprint density at radius 2 is 2.19 bits per heavy atom. The highest BCUT2D eigenvalue weighted by Crippen LogP contribution is 2.33. The monoisotopic (exact) mass is 369 g/mol. The van der Waals surface area contributed by atoms with Gasteiger partial charge in [0.1, 0.15) is 5.82 Å². The molecule has 0 aliphatic carbocycles. The molecule has 1 N–H and O–H groups in total. The third-order valence-corrected chi connectivity index (χ3v) is 4.17. The van der Waals surface area contributed by atoms with Crippen molar-refractivity contribution < 1.29 is 14.7 Å². The van der Waals surface area contributed by atoms with E-state index < -0.39 is 11.9 Å². The molecule has 0 bridgehead atoms. The maximum atomic E-state index is 12.1. The molecule has 1 aliphatic rings.